The van der Waals surface area contributed by atoms with Crippen LogP contribution in [0.5, 0.6) is 0 Å². The molecule has 2 N–H and O–H groups in total. The second-order valence-corrected chi connectivity index (χ2v) is 7.45. The Kier molecular flexibility index (Phi) is 6.00. The first-order chi connectivity index (χ1) is 16.3. The monoisotopic (exact) mass is 517 g/mol. The SMILES string of the molecule is O=c1c(NCc2ccc(-c3noc(C(F)(F)F)n3)cn2)c(Nc2ccc(C(F)(F)F)cc2Cl)c1=O. The number of nitrogens with zero attached hydrogens (tertiary/aromatic N) is 3. The molecule has 35 heavy (non-hydrogen) atoms. The molecule has 2 aromatic heterocycles. The molecule has 0 aliphatic carbocycles. The molecule has 0 aliphatic heterocycles. The van der Waals surface area contributed by atoms with Crippen LogP contribution in [0.3, 0.4) is 0 Å². The van der Waals surface area contributed by atoms with Crippen molar-refractivity contribution in [3.8, 4) is 11.4 Å². The first-order valence-electron chi connectivity index (χ1n) is 9.41. The lowest BCUT2D eigenvalue weighted by molar-refractivity contribution is -0.159. The number of benzene rings is 1. The maximum absolute atomic E-state index is 12.8. The molecular weight excluding hydrogens is 508 g/mol. The van der Waals surface area contributed by atoms with Crippen molar-refractivity contribution in [2.24, 2.45) is 0 Å². The minimum atomic E-state index is -4.79. The van der Waals surface area contributed by atoms with E-state index < -0.39 is 34.7 Å². The first kappa shape index (κ1) is 24.2. The third kappa shape index (κ3) is 4.96. The summed E-state index contributed by atoms with van der Waals surface area (Å²) in [5.41, 5.74) is -2.62. The van der Waals surface area contributed by atoms with Crippen molar-refractivity contribution < 1.29 is 30.9 Å². The molecule has 2 heterocycles. The van der Waals surface area contributed by atoms with Crippen LogP contribution in [-0.4, -0.2) is 15.1 Å². The van der Waals surface area contributed by atoms with Gasteiger partial charge < -0.3 is 15.2 Å². The first-order valence-corrected chi connectivity index (χ1v) is 9.79. The summed E-state index contributed by atoms with van der Waals surface area (Å²) in [5, 5.41) is 8.16. The molecular formula is C20H10ClF6N5O3. The van der Waals surface area contributed by atoms with Crippen molar-refractivity contribution in [3.05, 3.63) is 79.1 Å². The number of hydrogen-bond donors (Lipinski definition) is 2. The lowest BCUT2D eigenvalue weighted by Crippen LogP contribution is -2.36. The third-order valence-corrected chi connectivity index (χ3v) is 4.98. The van der Waals surface area contributed by atoms with Crippen LogP contribution in [0.1, 0.15) is 17.1 Å². The topological polar surface area (TPSA) is 110 Å². The fourth-order valence-electron chi connectivity index (χ4n) is 2.90. The average Bonchev–Trinajstić information content (AvgIpc) is 3.30. The molecule has 4 aromatic rings. The second kappa shape index (κ2) is 8.69. The molecule has 15 heteroatoms. The van der Waals surface area contributed by atoms with Crippen molar-refractivity contribution in [2.75, 3.05) is 10.6 Å². The molecule has 0 fully saturated rings. The molecule has 4 rings (SSSR count). The van der Waals surface area contributed by atoms with E-state index in [1.165, 1.54) is 18.3 Å². The van der Waals surface area contributed by atoms with Gasteiger partial charge in [0.25, 0.3) is 10.9 Å². The second-order valence-electron chi connectivity index (χ2n) is 7.04. The van der Waals surface area contributed by atoms with E-state index in [0.717, 1.165) is 12.1 Å². The van der Waals surface area contributed by atoms with Crippen LogP contribution in [0.15, 0.2) is 50.6 Å². The molecule has 0 saturated heterocycles. The Morgan fingerprint density at radius 1 is 0.943 bits per heavy atom. The zero-order valence-corrected chi connectivity index (χ0v) is 17.6. The fourth-order valence-corrected chi connectivity index (χ4v) is 3.13. The predicted octanol–water partition coefficient (Wildman–Crippen LogP) is 4.77. The van der Waals surface area contributed by atoms with Gasteiger partial charge in [0.2, 0.25) is 5.82 Å². The predicted molar refractivity (Wildman–Crippen MR) is 111 cm³/mol. The van der Waals surface area contributed by atoms with Crippen LogP contribution >= 0.6 is 11.6 Å². The summed E-state index contributed by atoms with van der Waals surface area (Å²) in [7, 11) is 0. The number of pyridine rings is 1. The molecule has 0 amide bonds. The lowest BCUT2D eigenvalue weighted by Gasteiger charge is -2.16. The molecule has 8 nitrogen and oxygen atoms in total. The number of nitrogens with one attached hydrogen (secondary N) is 2. The van der Waals surface area contributed by atoms with Gasteiger partial charge >= 0.3 is 18.2 Å². The van der Waals surface area contributed by atoms with Crippen molar-refractivity contribution in [2.45, 2.75) is 18.9 Å². The van der Waals surface area contributed by atoms with Gasteiger partial charge in [-0.15, -0.1) is 0 Å². The highest BCUT2D eigenvalue weighted by atomic mass is 35.5. The van der Waals surface area contributed by atoms with E-state index in [0.29, 0.717) is 11.8 Å². The Morgan fingerprint density at radius 2 is 1.66 bits per heavy atom. The van der Waals surface area contributed by atoms with Gasteiger partial charge in [0.05, 0.1) is 28.5 Å². The number of hydrogen-bond acceptors (Lipinski definition) is 8. The molecule has 0 radical (unpaired) electrons. The summed E-state index contributed by atoms with van der Waals surface area (Å²) in [4.78, 5) is 31.2. The van der Waals surface area contributed by atoms with E-state index in [1.54, 1.807) is 0 Å². The van der Waals surface area contributed by atoms with Crippen LogP contribution in [0.2, 0.25) is 5.02 Å². The summed E-state index contributed by atoms with van der Waals surface area (Å²) in [6, 6.07) is 5.25. The maximum atomic E-state index is 12.8. The van der Waals surface area contributed by atoms with Gasteiger partial charge in [-0.2, -0.15) is 31.3 Å². The number of aromatic nitrogens is 3. The largest absolute Gasteiger partial charge is 0.471 e. The highest BCUT2D eigenvalue weighted by Crippen LogP contribution is 2.35. The molecule has 182 valence electrons. The normalized spacial score (nSPS) is 12.2. The van der Waals surface area contributed by atoms with Gasteiger partial charge in [-0.05, 0) is 30.3 Å². The molecule has 0 bridgehead atoms. The highest BCUT2D eigenvalue weighted by molar-refractivity contribution is 6.33. The van der Waals surface area contributed by atoms with E-state index >= 15 is 0 Å². The summed E-state index contributed by atoms with van der Waals surface area (Å²) in [5.74, 6) is -1.83. The Labute approximate surface area is 195 Å². The highest BCUT2D eigenvalue weighted by Gasteiger charge is 2.38. The van der Waals surface area contributed by atoms with Gasteiger partial charge in [-0.3, -0.25) is 14.6 Å². The summed E-state index contributed by atoms with van der Waals surface area (Å²) in [6.45, 7) is -0.0688. The van der Waals surface area contributed by atoms with Gasteiger partial charge in [0.1, 0.15) is 11.4 Å². The minimum Gasteiger partial charge on any atom is -0.374 e. The number of alkyl halides is 6. The van der Waals surface area contributed by atoms with Crippen molar-refractivity contribution in [1.82, 2.24) is 15.1 Å². The molecule has 2 aromatic carbocycles. The number of halogens is 7. The van der Waals surface area contributed by atoms with Crippen LogP contribution < -0.4 is 21.5 Å². The van der Waals surface area contributed by atoms with Crippen LogP contribution in [-0.2, 0) is 18.9 Å². The van der Waals surface area contributed by atoms with E-state index in [4.69, 9.17) is 11.6 Å². The molecule has 0 spiro atoms. The Bertz CT molecular complexity index is 1460. The Balaban J connectivity index is 1.45. The third-order valence-electron chi connectivity index (χ3n) is 4.66. The van der Waals surface area contributed by atoms with Gasteiger partial charge in [0, 0.05) is 11.8 Å². The van der Waals surface area contributed by atoms with E-state index in [9.17, 15) is 35.9 Å². The standard InChI is InChI=1S/C20H10ClF6N5O3/c21-11-5-9(19(22,23)24)2-4-12(11)30-14-13(15(33)16(14)34)29-7-10-3-1-8(6-28-10)17-31-18(35-32-17)20(25,26)27/h1-6,29-30H,7H2. The fraction of sp³-hybridized carbons (Fsp3) is 0.150. The summed E-state index contributed by atoms with van der Waals surface area (Å²) < 4.78 is 80.2. The van der Waals surface area contributed by atoms with Crippen molar-refractivity contribution in [3.63, 3.8) is 0 Å². The van der Waals surface area contributed by atoms with E-state index in [-0.39, 0.29) is 40.0 Å². The number of rotatable bonds is 6. The van der Waals surface area contributed by atoms with E-state index in [1.807, 2.05) is 0 Å². The lowest BCUT2D eigenvalue weighted by atomic mass is 10.1. The zero-order valence-electron chi connectivity index (χ0n) is 16.9. The van der Waals surface area contributed by atoms with Crippen LogP contribution in [0, 0.1) is 0 Å². The molecule has 0 unspecified atom stereocenters. The van der Waals surface area contributed by atoms with Crippen LogP contribution in [0.4, 0.5) is 43.4 Å². The summed E-state index contributed by atoms with van der Waals surface area (Å²) >= 11 is 5.87. The smallest absolute Gasteiger partial charge is 0.374 e. The van der Waals surface area contributed by atoms with Crippen LogP contribution in [0.25, 0.3) is 11.4 Å². The Morgan fingerprint density at radius 3 is 2.23 bits per heavy atom. The number of anilines is 3. The molecule has 0 saturated carbocycles. The average molecular weight is 518 g/mol. The maximum Gasteiger partial charge on any atom is 0.471 e. The minimum absolute atomic E-state index is 0.0179. The van der Waals surface area contributed by atoms with Gasteiger partial charge in [0.15, 0.2) is 0 Å². The molecule has 0 aliphatic rings. The van der Waals surface area contributed by atoms with Gasteiger partial charge in [-0.25, -0.2) is 0 Å². The van der Waals surface area contributed by atoms with Gasteiger partial charge in [-0.1, -0.05) is 16.8 Å². The van der Waals surface area contributed by atoms with Crippen molar-refractivity contribution in [1.29, 1.82) is 0 Å². The summed E-state index contributed by atoms with van der Waals surface area (Å²) in [6.07, 6.45) is -8.21. The molecule has 0 atom stereocenters. The quantitative estimate of drug-likeness (QED) is 0.278. The van der Waals surface area contributed by atoms with E-state index in [2.05, 4.69) is 30.3 Å². The van der Waals surface area contributed by atoms with Crippen molar-refractivity contribution >= 4 is 28.7 Å². The Hall–Kier alpha value is -3.94. The zero-order chi connectivity index (χ0) is 25.5.